The molecule has 0 aliphatic heterocycles. The number of guanidine groups is 1. The van der Waals surface area contributed by atoms with E-state index in [1.165, 1.54) is 31.0 Å². The Morgan fingerprint density at radius 3 is 2.67 bits per heavy atom. The van der Waals surface area contributed by atoms with E-state index in [1.807, 2.05) is 0 Å². The summed E-state index contributed by atoms with van der Waals surface area (Å²) < 4.78 is 46.7. The van der Waals surface area contributed by atoms with Crippen LogP contribution >= 0.6 is 0 Å². The van der Waals surface area contributed by atoms with Crippen molar-refractivity contribution in [2.24, 2.45) is 10.7 Å². The largest absolute Gasteiger partial charge is 0.573 e. The molecule has 5 nitrogen and oxygen atoms in total. The van der Waals surface area contributed by atoms with Crippen LogP contribution in [0.5, 0.6) is 5.75 Å². The van der Waals surface area contributed by atoms with E-state index in [-0.39, 0.29) is 17.4 Å². The molecule has 0 bridgehead atoms. The van der Waals surface area contributed by atoms with Gasteiger partial charge in [0.15, 0.2) is 11.7 Å². The Labute approximate surface area is 139 Å². The molecule has 0 atom stereocenters. The smallest absolute Gasteiger partial charge is 0.404 e. The Bertz CT molecular complexity index is 544. The highest BCUT2D eigenvalue weighted by atomic mass is 19.4. The number of benzene rings is 1. The predicted molar refractivity (Wildman–Crippen MR) is 86.1 cm³/mol. The van der Waals surface area contributed by atoms with Crippen LogP contribution in [-0.4, -0.2) is 31.6 Å². The summed E-state index contributed by atoms with van der Waals surface area (Å²) in [7, 11) is 0. The van der Waals surface area contributed by atoms with Gasteiger partial charge in [0.2, 0.25) is 0 Å². The summed E-state index contributed by atoms with van der Waals surface area (Å²) in [6.07, 6.45) is 0.973. The van der Waals surface area contributed by atoms with E-state index in [9.17, 15) is 13.2 Å². The highest BCUT2D eigenvalue weighted by molar-refractivity contribution is 5.93. The number of para-hydroxylation sites is 2. The highest BCUT2D eigenvalue weighted by Gasteiger charge is 2.32. The van der Waals surface area contributed by atoms with Gasteiger partial charge in [0.1, 0.15) is 0 Å². The van der Waals surface area contributed by atoms with Crippen molar-refractivity contribution in [3.8, 4) is 5.75 Å². The van der Waals surface area contributed by atoms with Crippen molar-refractivity contribution in [3.63, 3.8) is 0 Å². The lowest BCUT2D eigenvalue weighted by Gasteiger charge is -2.14. The van der Waals surface area contributed by atoms with Crippen molar-refractivity contribution in [1.29, 1.82) is 0 Å². The first-order chi connectivity index (χ1) is 11.4. The quantitative estimate of drug-likeness (QED) is 0.449. The minimum atomic E-state index is -4.76. The number of nitrogens with two attached hydrogens (primary N) is 1. The van der Waals surface area contributed by atoms with Crippen molar-refractivity contribution >= 4 is 11.6 Å². The third-order valence-electron chi connectivity index (χ3n) is 3.62. The summed E-state index contributed by atoms with van der Waals surface area (Å²) in [5.41, 5.74) is 5.81. The number of hydrogen-bond donors (Lipinski definition) is 2. The zero-order chi connectivity index (χ0) is 17.4. The van der Waals surface area contributed by atoms with Crippen LogP contribution in [0.25, 0.3) is 0 Å². The second-order valence-corrected chi connectivity index (χ2v) is 5.57. The molecular formula is C16H22F3N3O2. The third-order valence-corrected chi connectivity index (χ3v) is 3.62. The Morgan fingerprint density at radius 1 is 1.25 bits per heavy atom. The van der Waals surface area contributed by atoms with E-state index in [2.05, 4.69) is 15.0 Å². The van der Waals surface area contributed by atoms with Gasteiger partial charge in [-0.05, 0) is 31.4 Å². The van der Waals surface area contributed by atoms with Gasteiger partial charge in [-0.15, -0.1) is 13.2 Å². The second-order valence-electron chi connectivity index (χ2n) is 5.57. The summed E-state index contributed by atoms with van der Waals surface area (Å²) in [5, 5.41) is 2.63. The van der Waals surface area contributed by atoms with Gasteiger partial charge < -0.3 is 20.5 Å². The maximum absolute atomic E-state index is 12.3. The number of halogens is 3. The number of nitrogens with zero attached hydrogens (tertiary/aromatic N) is 1. The average Bonchev–Trinajstić information content (AvgIpc) is 3.01. The monoisotopic (exact) mass is 345 g/mol. The second kappa shape index (κ2) is 8.77. The molecule has 0 aromatic heterocycles. The van der Waals surface area contributed by atoms with Gasteiger partial charge in [-0.3, -0.25) is 4.99 Å². The zero-order valence-electron chi connectivity index (χ0n) is 13.3. The molecule has 0 heterocycles. The number of nitrogens with one attached hydrogen (secondary N) is 1. The van der Waals surface area contributed by atoms with E-state index in [0.717, 1.165) is 12.8 Å². The Hall–Kier alpha value is -1.96. The van der Waals surface area contributed by atoms with Crippen molar-refractivity contribution in [3.05, 3.63) is 24.3 Å². The van der Waals surface area contributed by atoms with Gasteiger partial charge >= 0.3 is 6.36 Å². The van der Waals surface area contributed by atoms with Crippen LogP contribution < -0.4 is 15.8 Å². The molecule has 3 N–H and O–H groups in total. The van der Waals surface area contributed by atoms with Gasteiger partial charge in [0.05, 0.1) is 11.8 Å². The summed E-state index contributed by atoms with van der Waals surface area (Å²) in [5.74, 6) is -0.318. The van der Waals surface area contributed by atoms with E-state index in [0.29, 0.717) is 25.7 Å². The standard InChI is InChI=1S/C16H22F3N3O2/c17-16(18,19)24-14-9-4-3-8-13(14)22-15(20)21-10-5-11-23-12-6-1-2-7-12/h3-4,8-9,12H,1-2,5-7,10-11H2,(H3,20,21,22). The SMILES string of the molecule is NC(=NCCCOC1CCCC1)Nc1ccccc1OC(F)(F)F. The van der Waals surface area contributed by atoms with Crippen molar-refractivity contribution in [1.82, 2.24) is 0 Å². The van der Waals surface area contributed by atoms with Crippen molar-refractivity contribution < 1.29 is 22.6 Å². The molecule has 134 valence electrons. The highest BCUT2D eigenvalue weighted by Crippen LogP contribution is 2.29. The minimum absolute atomic E-state index is 0.0362. The first-order valence-electron chi connectivity index (χ1n) is 7.97. The van der Waals surface area contributed by atoms with Gasteiger partial charge in [0, 0.05) is 13.2 Å². The van der Waals surface area contributed by atoms with Gasteiger partial charge in [0.25, 0.3) is 0 Å². The molecule has 2 rings (SSSR count). The minimum Gasteiger partial charge on any atom is -0.404 e. The van der Waals surface area contributed by atoms with Gasteiger partial charge in [-0.25, -0.2) is 0 Å². The number of ether oxygens (including phenoxy) is 2. The first-order valence-corrected chi connectivity index (χ1v) is 7.97. The topological polar surface area (TPSA) is 68.9 Å². The normalized spacial score (nSPS) is 16.4. The maximum atomic E-state index is 12.3. The fourth-order valence-corrected chi connectivity index (χ4v) is 2.53. The average molecular weight is 345 g/mol. The summed E-state index contributed by atoms with van der Waals surface area (Å²) >= 11 is 0. The lowest BCUT2D eigenvalue weighted by Crippen LogP contribution is -2.24. The fourth-order valence-electron chi connectivity index (χ4n) is 2.53. The lowest BCUT2D eigenvalue weighted by atomic mass is 10.3. The van der Waals surface area contributed by atoms with E-state index in [4.69, 9.17) is 10.5 Å². The Balaban J connectivity index is 1.77. The molecule has 0 spiro atoms. The molecule has 1 fully saturated rings. The predicted octanol–water partition coefficient (Wildman–Crippen LogP) is 3.66. The van der Waals surface area contributed by atoms with Gasteiger partial charge in [-0.1, -0.05) is 25.0 Å². The zero-order valence-corrected chi connectivity index (χ0v) is 13.3. The first kappa shape index (κ1) is 18.4. The molecule has 0 saturated heterocycles. The molecule has 1 aliphatic rings. The molecule has 24 heavy (non-hydrogen) atoms. The van der Waals surface area contributed by atoms with Crippen LogP contribution in [0, 0.1) is 0 Å². The molecule has 1 aliphatic carbocycles. The van der Waals surface area contributed by atoms with Gasteiger partial charge in [-0.2, -0.15) is 0 Å². The van der Waals surface area contributed by atoms with Crippen LogP contribution in [0.3, 0.4) is 0 Å². The molecule has 1 aromatic carbocycles. The van der Waals surface area contributed by atoms with Crippen LogP contribution in [0.1, 0.15) is 32.1 Å². The molecule has 0 radical (unpaired) electrons. The van der Waals surface area contributed by atoms with Crippen LogP contribution in [0.4, 0.5) is 18.9 Å². The number of rotatable bonds is 7. The molecular weight excluding hydrogens is 323 g/mol. The number of aliphatic imine (C=N–C) groups is 1. The molecule has 8 heteroatoms. The van der Waals surface area contributed by atoms with Crippen LogP contribution in [0.2, 0.25) is 0 Å². The molecule has 1 saturated carbocycles. The lowest BCUT2D eigenvalue weighted by molar-refractivity contribution is -0.274. The Morgan fingerprint density at radius 2 is 1.96 bits per heavy atom. The summed E-state index contributed by atoms with van der Waals surface area (Å²) in [6, 6.07) is 5.67. The maximum Gasteiger partial charge on any atom is 0.573 e. The van der Waals surface area contributed by atoms with E-state index in [1.54, 1.807) is 6.07 Å². The molecule has 1 aromatic rings. The number of anilines is 1. The third kappa shape index (κ3) is 6.66. The van der Waals surface area contributed by atoms with E-state index < -0.39 is 6.36 Å². The summed E-state index contributed by atoms with van der Waals surface area (Å²) in [6.45, 7) is 1.04. The van der Waals surface area contributed by atoms with Crippen LogP contribution in [-0.2, 0) is 4.74 Å². The van der Waals surface area contributed by atoms with Crippen molar-refractivity contribution in [2.75, 3.05) is 18.5 Å². The van der Waals surface area contributed by atoms with Crippen LogP contribution in [0.15, 0.2) is 29.3 Å². The van der Waals surface area contributed by atoms with Crippen molar-refractivity contribution in [2.45, 2.75) is 44.6 Å². The number of alkyl halides is 3. The fraction of sp³-hybridized carbons (Fsp3) is 0.562. The summed E-state index contributed by atoms with van der Waals surface area (Å²) in [4.78, 5) is 4.09. The molecule has 0 unspecified atom stereocenters. The molecule has 0 amide bonds. The number of hydrogen-bond acceptors (Lipinski definition) is 3. The van der Waals surface area contributed by atoms with E-state index >= 15 is 0 Å². The Kier molecular flexibility index (Phi) is 6.72.